The fourth-order valence-electron chi connectivity index (χ4n) is 3.50. The maximum absolute atomic E-state index is 12.9. The monoisotopic (exact) mass is 373 g/mol. The molecular weight excluding hydrogens is 355 g/mol. The van der Waals surface area contributed by atoms with E-state index in [9.17, 15) is 18.0 Å². The molecule has 0 aromatic heterocycles. The standard InChI is InChI=1S/C18H19ClF3NO2/c19-14-7-5-12(11-13(14)18(20,21)22)6-8-17(24)23-9-10-25-16-4-2-1-3-15(16)23/h5-8,11,15-16H,1-4,9-10H2. The Morgan fingerprint density at radius 1 is 1.28 bits per heavy atom. The van der Waals surface area contributed by atoms with Crippen LogP contribution in [-0.2, 0) is 15.7 Å². The highest BCUT2D eigenvalue weighted by molar-refractivity contribution is 6.31. The summed E-state index contributed by atoms with van der Waals surface area (Å²) in [6.07, 6.45) is 2.31. The van der Waals surface area contributed by atoms with Gasteiger partial charge in [0, 0.05) is 12.6 Å². The van der Waals surface area contributed by atoms with E-state index in [1.165, 1.54) is 24.3 Å². The molecule has 0 N–H and O–H groups in total. The van der Waals surface area contributed by atoms with Crippen molar-refractivity contribution in [1.29, 1.82) is 0 Å². The first-order chi connectivity index (χ1) is 11.9. The lowest BCUT2D eigenvalue weighted by Crippen LogP contribution is -2.54. The van der Waals surface area contributed by atoms with Crippen molar-refractivity contribution in [1.82, 2.24) is 4.90 Å². The number of amides is 1. The van der Waals surface area contributed by atoms with E-state index in [1.54, 1.807) is 4.90 Å². The van der Waals surface area contributed by atoms with Crippen molar-refractivity contribution in [2.24, 2.45) is 0 Å². The molecular formula is C18H19ClF3NO2. The van der Waals surface area contributed by atoms with Crippen molar-refractivity contribution in [3.63, 3.8) is 0 Å². The number of morpholine rings is 1. The molecule has 0 spiro atoms. The summed E-state index contributed by atoms with van der Waals surface area (Å²) in [5.41, 5.74) is -0.610. The van der Waals surface area contributed by atoms with Gasteiger partial charge in [0.1, 0.15) is 0 Å². The van der Waals surface area contributed by atoms with Gasteiger partial charge in [-0.2, -0.15) is 13.2 Å². The zero-order valence-corrected chi connectivity index (χ0v) is 14.3. The molecule has 2 fully saturated rings. The van der Waals surface area contributed by atoms with Crippen molar-refractivity contribution in [3.05, 3.63) is 40.4 Å². The lowest BCUT2D eigenvalue weighted by molar-refractivity contribution is -0.144. The Kier molecular flexibility index (Phi) is 5.39. The van der Waals surface area contributed by atoms with E-state index in [2.05, 4.69) is 0 Å². The first kappa shape index (κ1) is 18.3. The van der Waals surface area contributed by atoms with Crippen LogP contribution in [0, 0.1) is 0 Å². The summed E-state index contributed by atoms with van der Waals surface area (Å²) in [4.78, 5) is 14.3. The minimum Gasteiger partial charge on any atom is -0.374 e. The molecule has 0 bridgehead atoms. The molecule has 3 nitrogen and oxygen atoms in total. The molecule has 2 atom stereocenters. The van der Waals surface area contributed by atoms with Crippen LogP contribution in [0.25, 0.3) is 6.08 Å². The Bertz CT molecular complexity index is 673. The van der Waals surface area contributed by atoms with Gasteiger partial charge in [0.15, 0.2) is 0 Å². The summed E-state index contributed by atoms with van der Waals surface area (Å²) in [5, 5.41) is -0.353. The largest absolute Gasteiger partial charge is 0.417 e. The van der Waals surface area contributed by atoms with Crippen molar-refractivity contribution >= 4 is 23.6 Å². The molecule has 1 saturated heterocycles. The number of carbonyl (C=O) groups is 1. The Morgan fingerprint density at radius 3 is 2.80 bits per heavy atom. The average Bonchev–Trinajstić information content (AvgIpc) is 2.59. The first-order valence-electron chi connectivity index (χ1n) is 8.33. The Labute approximate surface area is 149 Å². The zero-order valence-electron chi connectivity index (χ0n) is 13.6. The number of alkyl halides is 3. The highest BCUT2D eigenvalue weighted by Gasteiger charge is 2.36. The number of fused-ring (bicyclic) bond motifs is 1. The lowest BCUT2D eigenvalue weighted by Gasteiger charge is -2.43. The number of ether oxygens (including phenoxy) is 1. The number of benzene rings is 1. The quantitative estimate of drug-likeness (QED) is 0.712. The summed E-state index contributed by atoms with van der Waals surface area (Å²) >= 11 is 5.61. The average molecular weight is 374 g/mol. The van der Waals surface area contributed by atoms with Gasteiger partial charge in [0.25, 0.3) is 0 Å². The molecule has 136 valence electrons. The van der Waals surface area contributed by atoms with Gasteiger partial charge >= 0.3 is 6.18 Å². The van der Waals surface area contributed by atoms with Crippen molar-refractivity contribution < 1.29 is 22.7 Å². The van der Waals surface area contributed by atoms with Gasteiger partial charge in [-0.1, -0.05) is 30.5 Å². The summed E-state index contributed by atoms with van der Waals surface area (Å²) < 4.78 is 44.5. The third-order valence-corrected chi connectivity index (χ3v) is 5.06. The number of carbonyl (C=O) groups excluding carboxylic acids is 1. The molecule has 2 unspecified atom stereocenters. The third kappa shape index (κ3) is 4.18. The van der Waals surface area contributed by atoms with Crippen LogP contribution in [0.1, 0.15) is 36.8 Å². The molecule has 0 radical (unpaired) electrons. The van der Waals surface area contributed by atoms with Crippen LogP contribution in [0.5, 0.6) is 0 Å². The molecule has 1 heterocycles. The third-order valence-electron chi connectivity index (χ3n) is 4.73. The lowest BCUT2D eigenvalue weighted by atomic mass is 9.90. The molecule has 3 rings (SSSR count). The molecule has 1 aliphatic heterocycles. The second-order valence-electron chi connectivity index (χ2n) is 6.36. The highest BCUT2D eigenvalue weighted by Crippen LogP contribution is 2.35. The van der Waals surface area contributed by atoms with E-state index in [-0.39, 0.29) is 23.1 Å². The number of nitrogens with zero attached hydrogens (tertiary/aromatic N) is 1. The van der Waals surface area contributed by atoms with Crippen molar-refractivity contribution in [2.45, 2.75) is 44.0 Å². The summed E-state index contributed by atoms with van der Waals surface area (Å²) in [7, 11) is 0. The molecule has 1 saturated carbocycles. The zero-order chi connectivity index (χ0) is 18.0. The molecule has 1 aliphatic carbocycles. The fourth-order valence-corrected chi connectivity index (χ4v) is 3.72. The molecule has 1 aromatic rings. The van der Waals surface area contributed by atoms with E-state index in [0.29, 0.717) is 18.7 Å². The van der Waals surface area contributed by atoms with Crippen LogP contribution in [0.3, 0.4) is 0 Å². The highest BCUT2D eigenvalue weighted by atomic mass is 35.5. The number of halogens is 4. The second kappa shape index (κ2) is 7.38. The molecule has 7 heteroatoms. The SMILES string of the molecule is O=C(C=Cc1ccc(Cl)c(C(F)(F)F)c1)N1CCOC2CCCCC21. The molecule has 2 aliphatic rings. The van der Waals surface area contributed by atoms with Crippen LogP contribution in [0.15, 0.2) is 24.3 Å². The van der Waals surface area contributed by atoms with E-state index >= 15 is 0 Å². The van der Waals surface area contributed by atoms with E-state index in [4.69, 9.17) is 16.3 Å². The summed E-state index contributed by atoms with van der Waals surface area (Å²) in [6, 6.07) is 3.68. The van der Waals surface area contributed by atoms with E-state index in [0.717, 1.165) is 31.7 Å². The van der Waals surface area contributed by atoms with E-state index < -0.39 is 11.7 Å². The van der Waals surface area contributed by atoms with Gasteiger partial charge in [-0.05, 0) is 36.6 Å². The minimum absolute atomic E-state index is 0.0654. The topological polar surface area (TPSA) is 29.5 Å². The number of rotatable bonds is 2. The van der Waals surface area contributed by atoms with Crippen molar-refractivity contribution in [3.8, 4) is 0 Å². The maximum atomic E-state index is 12.9. The smallest absolute Gasteiger partial charge is 0.374 e. The first-order valence-corrected chi connectivity index (χ1v) is 8.71. The van der Waals surface area contributed by atoms with Gasteiger partial charge in [0.05, 0.1) is 29.3 Å². The predicted octanol–water partition coefficient (Wildman–Crippen LogP) is 4.54. The second-order valence-corrected chi connectivity index (χ2v) is 6.77. The van der Waals surface area contributed by atoms with Gasteiger partial charge in [0.2, 0.25) is 5.91 Å². The molecule has 1 amide bonds. The van der Waals surface area contributed by atoms with Crippen LogP contribution < -0.4 is 0 Å². The van der Waals surface area contributed by atoms with Crippen molar-refractivity contribution in [2.75, 3.05) is 13.2 Å². The van der Waals surface area contributed by atoms with Crippen LogP contribution >= 0.6 is 11.6 Å². The Balaban J connectivity index is 1.74. The van der Waals surface area contributed by atoms with Crippen LogP contribution in [0.2, 0.25) is 5.02 Å². The number of hydrogen-bond donors (Lipinski definition) is 0. The van der Waals surface area contributed by atoms with Crippen LogP contribution in [-0.4, -0.2) is 36.1 Å². The van der Waals surface area contributed by atoms with Crippen LogP contribution in [0.4, 0.5) is 13.2 Å². The van der Waals surface area contributed by atoms with E-state index in [1.807, 2.05) is 0 Å². The maximum Gasteiger partial charge on any atom is 0.417 e. The Morgan fingerprint density at radius 2 is 2.04 bits per heavy atom. The predicted molar refractivity (Wildman–Crippen MR) is 89.2 cm³/mol. The van der Waals surface area contributed by atoms with Gasteiger partial charge in [-0.3, -0.25) is 4.79 Å². The van der Waals surface area contributed by atoms with Gasteiger partial charge < -0.3 is 9.64 Å². The minimum atomic E-state index is -4.52. The van der Waals surface area contributed by atoms with Gasteiger partial charge in [-0.15, -0.1) is 0 Å². The summed E-state index contributed by atoms with van der Waals surface area (Å²) in [6.45, 7) is 1.01. The number of hydrogen-bond acceptors (Lipinski definition) is 2. The Hall–Kier alpha value is -1.53. The molecule has 25 heavy (non-hydrogen) atoms. The van der Waals surface area contributed by atoms with Gasteiger partial charge in [-0.25, -0.2) is 0 Å². The normalized spacial score (nSPS) is 24.4. The summed E-state index contributed by atoms with van der Waals surface area (Å²) in [5.74, 6) is -0.191. The molecule has 1 aromatic carbocycles. The fraction of sp³-hybridized carbons (Fsp3) is 0.500.